The molecule has 2 aromatic rings. The van der Waals surface area contributed by atoms with Gasteiger partial charge in [0.15, 0.2) is 5.82 Å². The van der Waals surface area contributed by atoms with E-state index in [4.69, 9.17) is 16.1 Å². The molecule has 0 saturated carbocycles. The minimum atomic E-state index is 0.639. The Morgan fingerprint density at radius 2 is 1.86 bits per heavy atom. The molecule has 3 rings (SSSR count). The molecule has 5 nitrogen and oxygen atoms in total. The Balaban J connectivity index is 1.58. The summed E-state index contributed by atoms with van der Waals surface area (Å²) in [6.07, 6.45) is 1.86. The zero-order chi connectivity index (χ0) is 15.4. The lowest BCUT2D eigenvalue weighted by atomic mass is 10.1. The average Bonchev–Trinajstić information content (AvgIpc) is 2.99. The number of nitrogens with zero attached hydrogens (tertiary/aromatic N) is 4. The van der Waals surface area contributed by atoms with E-state index in [9.17, 15) is 0 Å². The number of anilines is 1. The first kappa shape index (κ1) is 15.3. The first-order valence-electron chi connectivity index (χ1n) is 7.79. The summed E-state index contributed by atoms with van der Waals surface area (Å²) in [5.74, 6) is 0.716. The second-order valence-electron chi connectivity index (χ2n) is 5.63. The number of halogens is 1. The van der Waals surface area contributed by atoms with Gasteiger partial charge in [0.2, 0.25) is 0 Å². The molecule has 1 aliphatic heterocycles. The maximum absolute atomic E-state index is 5.89. The van der Waals surface area contributed by atoms with Crippen LogP contribution in [0.1, 0.15) is 24.7 Å². The molecule has 6 heteroatoms. The number of aromatic nitrogens is 2. The van der Waals surface area contributed by atoms with Gasteiger partial charge in [0.05, 0.1) is 0 Å². The van der Waals surface area contributed by atoms with Crippen LogP contribution >= 0.6 is 11.6 Å². The molecule has 22 heavy (non-hydrogen) atoms. The maximum Gasteiger partial charge on any atom is 0.324 e. The standard InChI is InChI=1S/C16H21ClN4O/c1-2-7-20-8-10-21(11-9-20)16-18-15(19-22-16)12-13-3-5-14(17)6-4-13/h3-6H,2,7-12H2,1H3. The van der Waals surface area contributed by atoms with Crippen molar-refractivity contribution in [1.82, 2.24) is 15.0 Å². The highest BCUT2D eigenvalue weighted by Crippen LogP contribution is 2.17. The third-order valence-corrected chi connectivity index (χ3v) is 4.17. The first-order valence-corrected chi connectivity index (χ1v) is 8.16. The molecule has 0 atom stereocenters. The van der Waals surface area contributed by atoms with Crippen molar-refractivity contribution in [3.05, 3.63) is 40.7 Å². The Kier molecular flexibility index (Phi) is 4.95. The Bertz CT molecular complexity index is 590. The predicted molar refractivity (Wildman–Crippen MR) is 87.5 cm³/mol. The van der Waals surface area contributed by atoms with Crippen LogP contribution in [0, 0.1) is 0 Å². The van der Waals surface area contributed by atoms with Crippen molar-refractivity contribution >= 4 is 17.6 Å². The van der Waals surface area contributed by atoms with Gasteiger partial charge < -0.3 is 9.42 Å². The molecule has 0 unspecified atom stereocenters. The van der Waals surface area contributed by atoms with Gasteiger partial charge >= 0.3 is 6.01 Å². The van der Waals surface area contributed by atoms with Crippen molar-refractivity contribution in [2.75, 3.05) is 37.6 Å². The van der Waals surface area contributed by atoms with E-state index < -0.39 is 0 Å². The second-order valence-corrected chi connectivity index (χ2v) is 6.06. The fourth-order valence-corrected chi connectivity index (χ4v) is 2.83. The molecule has 1 fully saturated rings. The minimum absolute atomic E-state index is 0.639. The summed E-state index contributed by atoms with van der Waals surface area (Å²) < 4.78 is 5.42. The summed E-state index contributed by atoms with van der Waals surface area (Å²) in [6, 6.07) is 8.37. The van der Waals surface area contributed by atoms with Crippen molar-refractivity contribution in [1.29, 1.82) is 0 Å². The fourth-order valence-electron chi connectivity index (χ4n) is 2.71. The highest BCUT2D eigenvalue weighted by molar-refractivity contribution is 6.30. The number of benzene rings is 1. The highest BCUT2D eigenvalue weighted by atomic mass is 35.5. The lowest BCUT2D eigenvalue weighted by Crippen LogP contribution is -2.46. The SMILES string of the molecule is CCCN1CCN(c2nc(Cc3ccc(Cl)cc3)no2)CC1. The normalized spacial score (nSPS) is 16.2. The van der Waals surface area contributed by atoms with Crippen molar-refractivity contribution in [3.63, 3.8) is 0 Å². The van der Waals surface area contributed by atoms with Crippen LogP contribution in [-0.4, -0.2) is 47.8 Å². The summed E-state index contributed by atoms with van der Waals surface area (Å²) in [7, 11) is 0. The van der Waals surface area contributed by atoms with Gasteiger partial charge in [0.1, 0.15) is 0 Å². The molecule has 0 N–H and O–H groups in total. The monoisotopic (exact) mass is 320 g/mol. The predicted octanol–water partition coefficient (Wildman–Crippen LogP) is 2.85. The third kappa shape index (κ3) is 3.78. The van der Waals surface area contributed by atoms with E-state index in [0.29, 0.717) is 18.3 Å². The molecule has 118 valence electrons. The molecular formula is C16H21ClN4O. The van der Waals surface area contributed by atoms with Gasteiger partial charge in [0, 0.05) is 37.6 Å². The van der Waals surface area contributed by atoms with Crippen LogP contribution in [0.3, 0.4) is 0 Å². The van der Waals surface area contributed by atoms with Crippen LogP contribution < -0.4 is 4.90 Å². The number of hydrogen-bond donors (Lipinski definition) is 0. The van der Waals surface area contributed by atoms with Crippen molar-refractivity contribution in [2.45, 2.75) is 19.8 Å². The molecule has 1 aromatic heterocycles. The topological polar surface area (TPSA) is 45.4 Å². The Hall–Kier alpha value is -1.59. The number of hydrogen-bond acceptors (Lipinski definition) is 5. The smallest absolute Gasteiger partial charge is 0.322 e. The van der Waals surface area contributed by atoms with Gasteiger partial charge in [0.25, 0.3) is 0 Å². The molecule has 1 aromatic carbocycles. The van der Waals surface area contributed by atoms with Gasteiger partial charge in [-0.3, -0.25) is 4.90 Å². The molecule has 1 saturated heterocycles. The lowest BCUT2D eigenvalue weighted by molar-refractivity contribution is 0.251. The minimum Gasteiger partial charge on any atom is -0.322 e. The van der Waals surface area contributed by atoms with Gasteiger partial charge in [-0.2, -0.15) is 4.98 Å². The number of piperazine rings is 1. The zero-order valence-electron chi connectivity index (χ0n) is 12.8. The van der Waals surface area contributed by atoms with E-state index >= 15 is 0 Å². The summed E-state index contributed by atoms with van der Waals surface area (Å²) in [6.45, 7) is 7.39. The van der Waals surface area contributed by atoms with Crippen LogP contribution in [-0.2, 0) is 6.42 Å². The molecule has 0 radical (unpaired) electrons. The molecule has 0 bridgehead atoms. The highest BCUT2D eigenvalue weighted by Gasteiger charge is 2.20. The van der Waals surface area contributed by atoms with E-state index in [-0.39, 0.29) is 0 Å². The van der Waals surface area contributed by atoms with E-state index in [1.54, 1.807) is 0 Å². The van der Waals surface area contributed by atoms with Gasteiger partial charge in [-0.15, -0.1) is 0 Å². The van der Waals surface area contributed by atoms with Crippen molar-refractivity contribution in [2.24, 2.45) is 0 Å². The lowest BCUT2D eigenvalue weighted by Gasteiger charge is -2.33. The summed E-state index contributed by atoms with van der Waals surface area (Å²) in [4.78, 5) is 9.16. The van der Waals surface area contributed by atoms with Gasteiger partial charge in [-0.25, -0.2) is 0 Å². The van der Waals surface area contributed by atoms with Gasteiger partial charge in [-0.05, 0) is 30.7 Å². The summed E-state index contributed by atoms with van der Waals surface area (Å²) >= 11 is 5.89. The van der Waals surface area contributed by atoms with Crippen LogP contribution in [0.4, 0.5) is 6.01 Å². The van der Waals surface area contributed by atoms with E-state index in [0.717, 1.165) is 36.8 Å². The first-order chi connectivity index (χ1) is 10.7. The van der Waals surface area contributed by atoms with E-state index in [2.05, 4.69) is 26.9 Å². The Labute approximate surface area is 135 Å². The molecular weight excluding hydrogens is 300 g/mol. The molecule has 0 spiro atoms. The largest absolute Gasteiger partial charge is 0.324 e. The second kappa shape index (κ2) is 7.11. The summed E-state index contributed by atoms with van der Waals surface area (Å²) in [5.41, 5.74) is 1.13. The summed E-state index contributed by atoms with van der Waals surface area (Å²) in [5, 5.41) is 4.83. The average molecular weight is 321 g/mol. The van der Waals surface area contributed by atoms with E-state index in [1.165, 1.54) is 13.0 Å². The van der Waals surface area contributed by atoms with Crippen LogP contribution in [0.25, 0.3) is 0 Å². The van der Waals surface area contributed by atoms with Crippen LogP contribution in [0.2, 0.25) is 5.02 Å². The number of rotatable bonds is 5. The van der Waals surface area contributed by atoms with Crippen LogP contribution in [0.15, 0.2) is 28.8 Å². The molecule has 0 amide bonds. The fraction of sp³-hybridized carbons (Fsp3) is 0.500. The Morgan fingerprint density at radius 1 is 1.14 bits per heavy atom. The third-order valence-electron chi connectivity index (χ3n) is 3.92. The quantitative estimate of drug-likeness (QED) is 0.847. The molecule has 1 aliphatic rings. The molecule has 2 heterocycles. The van der Waals surface area contributed by atoms with E-state index in [1.807, 2.05) is 24.3 Å². The maximum atomic E-state index is 5.89. The van der Waals surface area contributed by atoms with Gasteiger partial charge in [-0.1, -0.05) is 35.8 Å². The van der Waals surface area contributed by atoms with Crippen LogP contribution in [0.5, 0.6) is 0 Å². The van der Waals surface area contributed by atoms with Crippen molar-refractivity contribution in [3.8, 4) is 0 Å². The Morgan fingerprint density at radius 3 is 2.55 bits per heavy atom. The van der Waals surface area contributed by atoms with Crippen molar-refractivity contribution < 1.29 is 4.52 Å². The zero-order valence-corrected chi connectivity index (χ0v) is 13.6. The molecule has 0 aliphatic carbocycles.